The first kappa shape index (κ1) is 20.4. The van der Waals surface area contributed by atoms with E-state index in [1.165, 1.54) is 4.68 Å². The zero-order valence-electron chi connectivity index (χ0n) is 18.1. The summed E-state index contributed by atoms with van der Waals surface area (Å²) in [7, 11) is 3.14. The van der Waals surface area contributed by atoms with Crippen LogP contribution in [0.25, 0.3) is 33.4 Å². The van der Waals surface area contributed by atoms with Crippen molar-refractivity contribution >= 4 is 10.8 Å². The van der Waals surface area contributed by atoms with Crippen molar-refractivity contribution in [1.82, 2.24) is 19.9 Å². The first-order valence-corrected chi connectivity index (χ1v) is 10.3. The lowest BCUT2D eigenvalue weighted by Gasteiger charge is -2.10. The summed E-state index contributed by atoms with van der Waals surface area (Å²) in [5, 5.41) is 10.1. The maximum Gasteiger partial charge on any atom is 0.275 e. The molecule has 0 spiro atoms. The number of aromatic nitrogens is 4. The lowest BCUT2D eigenvalue weighted by atomic mass is 10.1. The Balaban J connectivity index is 1.56. The van der Waals surface area contributed by atoms with Crippen LogP contribution in [0.1, 0.15) is 5.89 Å². The summed E-state index contributed by atoms with van der Waals surface area (Å²) in [5.41, 5.74) is 2.04. The topological polar surface area (TPSA) is 92.3 Å². The second-order valence-corrected chi connectivity index (χ2v) is 7.30. The predicted molar refractivity (Wildman–Crippen MR) is 123 cm³/mol. The van der Waals surface area contributed by atoms with Crippen molar-refractivity contribution in [2.45, 2.75) is 6.54 Å². The molecule has 0 aliphatic heterocycles. The third-order valence-electron chi connectivity index (χ3n) is 5.32. The summed E-state index contributed by atoms with van der Waals surface area (Å²) in [6, 6.07) is 22.5. The van der Waals surface area contributed by atoms with E-state index in [4.69, 9.17) is 14.0 Å². The maximum absolute atomic E-state index is 13.1. The second kappa shape index (κ2) is 8.58. The molecule has 33 heavy (non-hydrogen) atoms. The first-order chi connectivity index (χ1) is 16.2. The van der Waals surface area contributed by atoms with Crippen LogP contribution in [-0.4, -0.2) is 34.1 Å². The molecule has 0 fully saturated rings. The Morgan fingerprint density at radius 2 is 1.67 bits per heavy atom. The van der Waals surface area contributed by atoms with Crippen LogP contribution in [-0.2, 0) is 6.54 Å². The third-order valence-corrected chi connectivity index (χ3v) is 5.32. The zero-order chi connectivity index (χ0) is 22.8. The molecule has 3 aromatic carbocycles. The van der Waals surface area contributed by atoms with Gasteiger partial charge in [0.25, 0.3) is 5.56 Å². The van der Waals surface area contributed by atoms with Gasteiger partial charge in [0.1, 0.15) is 18.0 Å². The van der Waals surface area contributed by atoms with E-state index in [1.54, 1.807) is 38.5 Å². The Labute approximate surface area is 189 Å². The molecule has 0 amide bonds. The fraction of sp³-hybridized carbons (Fsp3) is 0.120. The number of benzene rings is 3. The Morgan fingerprint density at radius 1 is 0.909 bits per heavy atom. The molecule has 0 aliphatic rings. The van der Waals surface area contributed by atoms with E-state index in [-0.39, 0.29) is 18.0 Å². The molecule has 8 heteroatoms. The van der Waals surface area contributed by atoms with Gasteiger partial charge in [-0.2, -0.15) is 10.1 Å². The molecule has 2 heterocycles. The van der Waals surface area contributed by atoms with E-state index in [9.17, 15) is 4.79 Å². The van der Waals surface area contributed by atoms with Gasteiger partial charge in [-0.25, -0.2) is 4.68 Å². The minimum absolute atomic E-state index is 0.0367. The van der Waals surface area contributed by atoms with Crippen LogP contribution in [0.4, 0.5) is 0 Å². The summed E-state index contributed by atoms with van der Waals surface area (Å²) < 4.78 is 17.5. The van der Waals surface area contributed by atoms with E-state index >= 15 is 0 Å². The van der Waals surface area contributed by atoms with Gasteiger partial charge in [-0.05, 0) is 18.2 Å². The van der Waals surface area contributed by atoms with Gasteiger partial charge in [0.15, 0.2) is 0 Å². The van der Waals surface area contributed by atoms with Crippen molar-refractivity contribution in [1.29, 1.82) is 0 Å². The van der Waals surface area contributed by atoms with Gasteiger partial charge >= 0.3 is 0 Å². The smallest absolute Gasteiger partial charge is 0.275 e. The highest BCUT2D eigenvalue weighted by Crippen LogP contribution is 2.31. The van der Waals surface area contributed by atoms with Crippen LogP contribution in [0.15, 0.2) is 82.1 Å². The molecule has 0 radical (unpaired) electrons. The van der Waals surface area contributed by atoms with Crippen molar-refractivity contribution in [3.63, 3.8) is 0 Å². The average Bonchev–Trinajstić information content (AvgIpc) is 3.34. The van der Waals surface area contributed by atoms with E-state index in [1.807, 2.05) is 48.5 Å². The lowest BCUT2D eigenvalue weighted by molar-refractivity contribution is 0.363. The Bertz CT molecular complexity index is 1490. The van der Waals surface area contributed by atoms with Crippen molar-refractivity contribution in [3.8, 4) is 34.1 Å². The van der Waals surface area contributed by atoms with Crippen molar-refractivity contribution in [2.24, 2.45) is 0 Å². The molecule has 0 atom stereocenters. The molecule has 0 N–H and O–H groups in total. The van der Waals surface area contributed by atoms with Gasteiger partial charge in [0.2, 0.25) is 11.7 Å². The van der Waals surface area contributed by atoms with Gasteiger partial charge in [-0.1, -0.05) is 53.7 Å². The summed E-state index contributed by atoms with van der Waals surface area (Å²) >= 11 is 0. The molecular formula is C25H20N4O4. The number of nitrogens with zero attached hydrogens (tertiary/aromatic N) is 4. The second-order valence-electron chi connectivity index (χ2n) is 7.30. The largest absolute Gasteiger partial charge is 0.497 e. The first-order valence-electron chi connectivity index (χ1n) is 10.3. The number of ether oxygens (including phenoxy) is 2. The molecule has 0 saturated carbocycles. The van der Waals surface area contributed by atoms with Crippen LogP contribution in [0.2, 0.25) is 0 Å². The lowest BCUT2D eigenvalue weighted by Crippen LogP contribution is -2.24. The van der Waals surface area contributed by atoms with Crippen LogP contribution in [0.5, 0.6) is 11.5 Å². The Kier molecular flexibility index (Phi) is 5.32. The fourth-order valence-electron chi connectivity index (χ4n) is 3.69. The highest BCUT2D eigenvalue weighted by atomic mass is 16.5. The molecule has 0 bridgehead atoms. The minimum atomic E-state index is -0.230. The van der Waals surface area contributed by atoms with E-state index in [0.717, 1.165) is 10.9 Å². The maximum atomic E-state index is 13.1. The van der Waals surface area contributed by atoms with Crippen molar-refractivity contribution in [3.05, 3.63) is 89.0 Å². The number of methoxy groups -OCH3 is 2. The quantitative estimate of drug-likeness (QED) is 0.391. The Morgan fingerprint density at radius 3 is 2.42 bits per heavy atom. The summed E-state index contributed by atoms with van der Waals surface area (Å²) in [6.45, 7) is 0.0367. The van der Waals surface area contributed by atoms with Crippen molar-refractivity contribution < 1.29 is 14.0 Å². The normalized spacial score (nSPS) is 11.0. The van der Waals surface area contributed by atoms with Crippen molar-refractivity contribution in [2.75, 3.05) is 14.2 Å². The van der Waals surface area contributed by atoms with Gasteiger partial charge < -0.3 is 14.0 Å². The highest BCUT2D eigenvalue weighted by Gasteiger charge is 2.17. The SMILES string of the molecule is COc1ccc(-c2noc(Cn3nc(-c4ccccc4)c4ccccc4c3=O)n2)c(OC)c1. The zero-order valence-corrected chi connectivity index (χ0v) is 18.1. The fourth-order valence-corrected chi connectivity index (χ4v) is 3.69. The summed E-state index contributed by atoms with van der Waals surface area (Å²) in [5.74, 6) is 1.81. The molecular weight excluding hydrogens is 420 g/mol. The van der Waals surface area contributed by atoms with Crippen LogP contribution < -0.4 is 15.0 Å². The summed E-state index contributed by atoms with van der Waals surface area (Å²) in [6.07, 6.45) is 0. The Hall–Kier alpha value is -4.46. The summed E-state index contributed by atoms with van der Waals surface area (Å²) in [4.78, 5) is 17.6. The van der Waals surface area contributed by atoms with Crippen LogP contribution in [0, 0.1) is 0 Å². The molecule has 5 rings (SSSR count). The number of hydrogen-bond donors (Lipinski definition) is 0. The van der Waals surface area contributed by atoms with Gasteiger partial charge in [-0.15, -0.1) is 0 Å². The third kappa shape index (κ3) is 3.82. The number of rotatable bonds is 6. The minimum Gasteiger partial charge on any atom is -0.497 e. The molecule has 0 saturated heterocycles. The van der Waals surface area contributed by atoms with E-state index < -0.39 is 0 Å². The van der Waals surface area contributed by atoms with Crippen LogP contribution >= 0.6 is 0 Å². The number of hydrogen-bond acceptors (Lipinski definition) is 7. The molecule has 2 aromatic heterocycles. The van der Waals surface area contributed by atoms with Gasteiger partial charge in [0.05, 0.1) is 30.9 Å². The van der Waals surface area contributed by atoms with E-state index in [0.29, 0.717) is 34.0 Å². The molecule has 5 aromatic rings. The average molecular weight is 440 g/mol. The van der Waals surface area contributed by atoms with Gasteiger partial charge in [0, 0.05) is 17.0 Å². The molecule has 0 aliphatic carbocycles. The monoisotopic (exact) mass is 440 g/mol. The molecule has 0 unspecified atom stereocenters. The number of fused-ring (bicyclic) bond motifs is 1. The van der Waals surface area contributed by atoms with E-state index in [2.05, 4.69) is 15.2 Å². The molecule has 164 valence electrons. The van der Waals surface area contributed by atoms with Gasteiger partial charge in [-0.3, -0.25) is 4.79 Å². The van der Waals surface area contributed by atoms with Crippen LogP contribution in [0.3, 0.4) is 0 Å². The molecule has 8 nitrogen and oxygen atoms in total. The standard InChI is InChI=1S/C25H20N4O4/c1-31-17-12-13-20(21(14-17)32-2)24-26-22(33-28-24)15-29-25(30)19-11-7-6-10-18(19)23(27-29)16-8-4-3-5-9-16/h3-14H,15H2,1-2H3. The highest BCUT2D eigenvalue weighted by molar-refractivity contribution is 5.93. The predicted octanol–water partition coefficient (Wildman–Crippen LogP) is 4.18.